The third kappa shape index (κ3) is 3.80. The smallest absolute Gasteiger partial charge is 0.356 e. The number of hydrogen-bond donors (Lipinski definition) is 2. The highest BCUT2D eigenvalue weighted by atomic mass is 16.4. The molecule has 1 unspecified atom stereocenters. The number of aromatic nitrogens is 1. The lowest BCUT2D eigenvalue weighted by molar-refractivity contribution is 0.0691. The first-order chi connectivity index (χ1) is 14.9. The molecule has 1 atom stereocenters. The molecule has 0 saturated heterocycles. The topological polar surface area (TPSA) is 92.4 Å². The van der Waals surface area contributed by atoms with Crippen LogP contribution >= 0.6 is 0 Å². The molecule has 0 aliphatic carbocycles. The Labute approximate surface area is 179 Å². The average molecular weight is 414 g/mol. The number of aryl methyl sites for hydroxylation is 1. The van der Waals surface area contributed by atoms with Gasteiger partial charge < -0.3 is 14.8 Å². The van der Waals surface area contributed by atoms with Gasteiger partial charge in [-0.05, 0) is 44.5 Å². The molecule has 0 saturated carbocycles. The van der Waals surface area contributed by atoms with Gasteiger partial charge in [0.2, 0.25) is 0 Å². The summed E-state index contributed by atoms with van der Waals surface area (Å²) in [6.07, 6.45) is 1.44. The van der Waals surface area contributed by atoms with Crippen molar-refractivity contribution in [2.75, 3.05) is 5.32 Å². The van der Waals surface area contributed by atoms with E-state index in [0.717, 1.165) is 16.7 Å². The zero-order valence-corrected chi connectivity index (χ0v) is 17.5. The van der Waals surface area contributed by atoms with Crippen LogP contribution in [0.2, 0.25) is 0 Å². The fourth-order valence-corrected chi connectivity index (χ4v) is 3.76. The largest absolute Gasteiger partial charge is 0.476 e. The molecule has 0 amide bonds. The number of anilines is 1. The Bertz CT molecular complexity index is 1340. The summed E-state index contributed by atoms with van der Waals surface area (Å²) in [4.78, 5) is 28.7. The van der Waals surface area contributed by atoms with E-state index < -0.39 is 5.97 Å². The molecular formula is C25H22N2O4. The van der Waals surface area contributed by atoms with Crippen LogP contribution in [0.5, 0.6) is 0 Å². The van der Waals surface area contributed by atoms with Crippen LogP contribution in [0.15, 0.2) is 70.0 Å². The van der Waals surface area contributed by atoms with Crippen molar-refractivity contribution in [2.24, 2.45) is 0 Å². The highest BCUT2D eigenvalue weighted by molar-refractivity contribution is 5.92. The number of pyridine rings is 1. The number of benzene rings is 2. The summed E-state index contributed by atoms with van der Waals surface area (Å²) in [7, 11) is 0. The fourth-order valence-electron chi connectivity index (χ4n) is 3.76. The van der Waals surface area contributed by atoms with Gasteiger partial charge in [-0.25, -0.2) is 9.78 Å². The molecule has 2 aromatic carbocycles. The molecule has 2 N–H and O–H groups in total. The maximum atomic E-state index is 13.2. The number of aromatic carboxylic acids is 1. The quantitative estimate of drug-likeness (QED) is 0.458. The molecule has 31 heavy (non-hydrogen) atoms. The van der Waals surface area contributed by atoms with E-state index in [-0.39, 0.29) is 17.2 Å². The van der Waals surface area contributed by atoms with Gasteiger partial charge in [0, 0.05) is 22.9 Å². The van der Waals surface area contributed by atoms with Crippen LogP contribution in [0.4, 0.5) is 5.69 Å². The number of hydrogen-bond acceptors (Lipinski definition) is 5. The van der Waals surface area contributed by atoms with Crippen molar-refractivity contribution in [1.29, 1.82) is 0 Å². The summed E-state index contributed by atoms with van der Waals surface area (Å²) >= 11 is 0. The Balaban J connectivity index is 1.89. The summed E-state index contributed by atoms with van der Waals surface area (Å²) in [6, 6.07) is 16.3. The SMILES string of the molecule is Cc1cc(C(C)Nc2cccnc2C(=O)O)c2oc(-c3ccccc3)c(C)c(=O)c2c1. The maximum Gasteiger partial charge on any atom is 0.356 e. The van der Waals surface area contributed by atoms with Gasteiger partial charge in [-0.15, -0.1) is 0 Å². The molecule has 6 heteroatoms. The van der Waals surface area contributed by atoms with Gasteiger partial charge >= 0.3 is 5.97 Å². The molecule has 2 heterocycles. The highest BCUT2D eigenvalue weighted by Crippen LogP contribution is 2.32. The molecule has 2 aromatic heterocycles. The molecule has 0 spiro atoms. The zero-order chi connectivity index (χ0) is 22.1. The molecule has 0 fully saturated rings. The van der Waals surface area contributed by atoms with Crippen LogP contribution in [0.3, 0.4) is 0 Å². The number of nitrogens with one attached hydrogen (secondary N) is 1. The molecule has 156 valence electrons. The highest BCUT2D eigenvalue weighted by Gasteiger charge is 2.20. The van der Waals surface area contributed by atoms with Gasteiger partial charge in [0.25, 0.3) is 0 Å². The predicted octanol–water partition coefficient (Wildman–Crippen LogP) is 5.34. The zero-order valence-electron chi connectivity index (χ0n) is 17.5. The standard InChI is InChI=1S/C25H22N2O4/c1-14-12-18(16(3)27-20-10-7-11-26-21(20)25(29)30)24-19(13-14)22(28)15(2)23(31-24)17-8-5-4-6-9-17/h4-13,16,27H,1-3H3,(H,29,30). The molecule has 4 rings (SSSR count). The van der Waals surface area contributed by atoms with E-state index in [1.807, 2.05) is 56.3 Å². The molecular weight excluding hydrogens is 392 g/mol. The molecule has 0 radical (unpaired) electrons. The Hall–Kier alpha value is -3.93. The number of carboxylic acid groups (broad SMARTS) is 1. The molecule has 0 aliphatic rings. The lowest BCUT2D eigenvalue weighted by Gasteiger charge is -2.19. The van der Waals surface area contributed by atoms with Crippen LogP contribution in [0.1, 0.15) is 40.1 Å². The lowest BCUT2D eigenvalue weighted by atomic mass is 9.98. The summed E-state index contributed by atoms with van der Waals surface area (Å²) < 4.78 is 6.31. The third-order valence-corrected chi connectivity index (χ3v) is 5.28. The number of fused-ring (bicyclic) bond motifs is 1. The summed E-state index contributed by atoms with van der Waals surface area (Å²) in [6.45, 7) is 5.59. The molecule has 4 aromatic rings. The van der Waals surface area contributed by atoms with E-state index >= 15 is 0 Å². The van der Waals surface area contributed by atoms with Gasteiger partial charge in [0.05, 0.1) is 17.1 Å². The average Bonchev–Trinajstić information content (AvgIpc) is 2.77. The minimum absolute atomic E-state index is 0.0615. The summed E-state index contributed by atoms with van der Waals surface area (Å²) in [5.41, 5.74) is 3.81. The van der Waals surface area contributed by atoms with Crippen LogP contribution in [0, 0.1) is 13.8 Å². The molecule has 6 nitrogen and oxygen atoms in total. The summed E-state index contributed by atoms with van der Waals surface area (Å²) in [5.74, 6) is -0.582. The van der Waals surface area contributed by atoms with Crippen molar-refractivity contribution in [3.05, 3.63) is 93.4 Å². The van der Waals surface area contributed by atoms with Gasteiger partial charge in [-0.1, -0.05) is 36.4 Å². The predicted molar refractivity (Wildman–Crippen MR) is 121 cm³/mol. The number of rotatable bonds is 5. The fraction of sp³-hybridized carbons (Fsp3) is 0.160. The van der Waals surface area contributed by atoms with E-state index in [9.17, 15) is 14.7 Å². The first-order valence-electron chi connectivity index (χ1n) is 9.95. The summed E-state index contributed by atoms with van der Waals surface area (Å²) in [5, 5.41) is 13.2. The Morgan fingerprint density at radius 1 is 1.10 bits per heavy atom. The van der Waals surface area contributed by atoms with Crippen molar-refractivity contribution >= 4 is 22.6 Å². The third-order valence-electron chi connectivity index (χ3n) is 5.28. The van der Waals surface area contributed by atoms with Crippen molar-refractivity contribution in [3.8, 4) is 11.3 Å². The van der Waals surface area contributed by atoms with E-state index in [2.05, 4.69) is 10.3 Å². The molecule has 0 aliphatic heterocycles. The minimum Gasteiger partial charge on any atom is -0.476 e. The van der Waals surface area contributed by atoms with Crippen molar-refractivity contribution in [3.63, 3.8) is 0 Å². The van der Waals surface area contributed by atoms with E-state index in [4.69, 9.17) is 4.42 Å². The van der Waals surface area contributed by atoms with Crippen LogP contribution in [-0.2, 0) is 0 Å². The van der Waals surface area contributed by atoms with Crippen molar-refractivity contribution in [2.45, 2.75) is 26.8 Å². The lowest BCUT2D eigenvalue weighted by Crippen LogP contribution is -2.14. The van der Waals surface area contributed by atoms with E-state index in [1.54, 1.807) is 19.1 Å². The second-order valence-corrected chi connectivity index (χ2v) is 7.55. The van der Waals surface area contributed by atoms with Crippen LogP contribution in [-0.4, -0.2) is 16.1 Å². The van der Waals surface area contributed by atoms with Crippen LogP contribution in [0.25, 0.3) is 22.3 Å². The maximum absolute atomic E-state index is 13.2. The Kier molecular flexibility index (Phi) is 5.29. The first-order valence-corrected chi connectivity index (χ1v) is 9.95. The first kappa shape index (κ1) is 20.3. The second-order valence-electron chi connectivity index (χ2n) is 7.55. The number of nitrogens with zero attached hydrogens (tertiary/aromatic N) is 1. The minimum atomic E-state index is -1.11. The molecule has 0 bridgehead atoms. The normalized spacial score (nSPS) is 12.0. The van der Waals surface area contributed by atoms with Crippen molar-refractivity contribution in [1.82, 2.24) is 4.98 Å². The second kappa shape index (κ2) is 8.07. The van der Waals surface area contributed by atoms with Crippen LogP contribution < -0.4 is 10.7 Å². The number of carbonyl (C=O) groups is 1. The monoisotopic (exact) mass is 414 g/mol. The van der Waals surface area contributed by atoms with Gasteiger partial charge in [-0.3, -0.25) is 4.79 Å². The van der Waals surface area contributed by atoms with E-state index in [1.165, 1.54) is 6.20 Å². The Morgan fingerprint density at radius 3 is 2.55 bits per heavy atom. The Morgan fingerprint density at radius 2 is 1.84 bits per heavy atom. The van der Waals surface area contributed by atoms with Gasteiger partial charge in [0.15, 0.2) is 11.1 Å². The van der Waals surface area contributed by atoms with Gasteiger partial charge in [-0.2, -0.15) is 0 Å². The van der Waals surface area contributed by atoms with Gasteiger partial charge in [0.1, 0.15) is 11.3 Å². The van der Waals surface area contributed by atoms with Crippen molar-refractivity contribution < 1.29 is 14.3 Å². The number of carboxylic acids is 1. The van der Waals surface area contributed by atoms with E-state index in [0.29, 0.717) is 28.0 Å².